The van der Waals surface area contributed by atoms with Crippen molar-refractivity contribution < 1.29 is 4.39 Å². The van der Waals surface area contributed by atoms with Gasteiger partial charge in [0, 0.05) is 0 Å². The van der Waals surface area contributed by atoms with Crippen molar-refractivity contribution >= 4 is 38.5 Å². The zero-order valence-electron chi connectivity index (χ0n) is 7.66. The second kappa shape index (κ2) is 4.60. The Balaban J connectivity index is 0.00000112. The summed E-state index contributed by atoms with van der Waals surface area (Å²) in [6.07, 6.45) is 5.16. The molecule has 0 saturated heterocycles. The molecule has 0 atom stereocenters. The Morgan fingerprint density at radius 3 is 2.93 bits per heavy atom. The van der Waals surface area contributed by atoms with Crippen molar-refractivity contribution in [3.05, 3.63) is 28.8 Å². The maximum atomic E-state index is 13.4. The van der Waals surface area contributed by atoms with Crippen LogP contribution >= 0.6 is 28.3 Å². The fraction of sp³-hybridized carbons (Fsp3) is 0.100. The molecular weight excluding hydrogens is 279 g/mol. The summed E-state index contributed by atoms with van der Waals surface area (Å²) < 4.78 is 15.7. The molecule has 0 fully saturated rings. The van der Waals surface area contributed by atoms with Gasteiger partial charge in [-0.15, -0.1) is 23.4 Å². The van der Waals surface area contributed by atoms with Gasteiger partial charge in [-0.3, -0.25) is 5.41 Å². The summed E-state index contributed by atoms with van der Waals surface area (Å²) in [6, 6.07) is 4.80. The first kappa shape index (κ1) is 12.0. The van der Waals surface area contributed by atoms with Crippen molar-refractivity contribution in [2.45, 2.75) is 6.54 Å². The van der Waals surface area contributed by atoms with E-state index in [1.165, 1.54) is 22.0 Å². The first-order chi connectivity index (χ1) is 6.74. The first-order valence-electron chi connectivity index (χ1n) is 4.00. The third-order valence-corrected chi connectivity index (χ3v) is 2.88. The van der Waals surface area contributed by atoms with E-state index in [1.54, 1.807) is 12.1 Å². The molecule has 0 aliphatic heterocycles. The van der Waals surface area contributed by atoms with Crippen LogP contribution in [-0.4, -0.2) is 4.57 Å². The molecule has 0 aliphatic rings. The van der Waals surface area contributed by atoms with Crippen LogP contribution in [0.4, 0.5) is 4.39 Å². The number of aromatic nitrogens is 1. The van der Waals surface area contributed by atoms with Crippen LogP contribution in [0.15, 0.2) is 18.2 Å². The number of thiazole rings is 1. The SMILES string of the molecule is Br.C#CCn1c(=N)sc2cccc(F)c21. The molecule has 0 saturated carbocycles. The number of rotatable bonds is 1. The number of nitrogens with one attached hydrogen (secondary N) is 1. The summed E-state index contributed by atoms with van der Waals surface area (Å²) in [4.78, 5) is 0.281. The molecule has 78 valence electrons. The molecule has 1 N–H and O–H groups in total. The Bertz CT molecular complexity index is 579. The van der Waals surface area contributed by atoms with Gasteiger partial charge >= 0.3 is 0 Å². The van der Waals surface area contributed by atoms with Crippen molar-refractivity contribution in [2.75, 3.05) is 0 Å². The predicted octanol–water partition coefficient (Wildman–Crippen LogP) is 2.53. The van der Waals surface area contributed by atoms with Gasteiger partial charge in [0.05, 0.1) is 16.8 Å². The van der Waals surface area contributed by atoms with Crippen LogP contribution in [0.25, 0.3) is 10.2 Å². The second-order valence-electron chi connectivity index (χ2n) is 2.78. The number of terminal acetylenes is 1. The molecule has 0 spiro atoms. The number of hydrogen-bond donors (Lipinski definition) is 1. The van der Waals surface area contributed by atoms with E-state index in [0.717, 1.165) is 4.70 Å². The van der Waals surface area contributed by atoms with Gasteiger partial charge in [-0.1, -0.05) is 23.3 Å². The summed E-state index contributed by atoms with van der Waals surface area (Å²) in [7, 11) is 0. The van der Waals surface area contributed by atoms with Crippen LogP contribution in [0.2, 0.25) is 0 Å². The van der Waals surface area contributed by atoms with Crippen molar-refractivity contribution in [3.8, 4) is 12.3 Å². The highest BCUT2D eigenvalue weighted by molar-refractivity contribution is 8.93. The summed E-state index contributed by atoms with van der Waals surface area (Å²) in [6.45, 7) is 0.236. The van der Waals surface area contributed by atoms with Gasteiger partial charge in [-0.05, 0) is 12.1 Å². The Hall–Kier alpha value is -1.12. The van der Waals surface area contributed by atoms with E-state index in [1.807, 2.05) is 0 Å². The third-order valence-electron chi connectivity index (χ3n) is 1.92. The monoisotopic (exact) mass is 286 g/mol. The summed E-state index contributed by atoms with van der Waals surface area (Å²) in [5.74, 6) is 2.09. The van der Waals surface area contributed by atoms with Gasteiger partial charge in [-0.2, -0.15) is 0 Å². The Labute approximate surface area is 101 Å². The van der Waals surface area contributed by atoms with Gasteiger partial charge in [0.1, 0.15) is 5.82 Å². The molecule has 2 rings (SSSR count). The lowest BCUT2D eigenvalue weighted by atomic mass is 10.3. The maximum absolute atomic E-state index is 13.4. The van der Waals surface area contributed by atoms with E-state index < -0.39 is 0 Å². The zero-order chi connectivity index (χ0) is 10.1. The van der Waals surface area contributed by atoms with Gasteiger partial charge in [0.15, 0.2) is 4.80 Å². The van der Waals surface area contributed by atoms with E-state index >= 15 is 0 Å². The quantitative estimate of drug-likeness (QED) is 0.781. The smallest absolute Gasteiger partial charge is 0.183 e. The minimum atomic E-state index is -0.326. The highest BCUT2D eigenvalue weighted by Gasteiger charge is 2.08. The van der Waals surface area contributed by atoms with Gasteiger partial charge in [-0.25, -0.2) is 4.39 Å². The average molecular weight is 287 g/mol. The van der Waals surface area contributed by atoms with Crippen LogP contribution < -0.4 is 4.80 Å². The van der Waals surface area contributed by atoms with E-state index in [4.69, 9.17) is 11.8 Å². The molecule has 1 heterocycles. The Kier molecular flexibility index (Phi) is 3.66. The van der Waals surface area contributed by atoms with Crippen LogP contribution in [-0.2, 0) is 6.54 Å². The van der Waals surface area contributed by atoms with Crippen molar-refractivity contribution in [3.63, 3.8) is 0 Å². The van der Waals surface area contributed by atoms with Crippen molar-refractivity contribution in [1.82, 2.24) is 4.57 Å². The lowest BCUT2D eigenvalue weighted by Crippen LogP contribution is -2.12. The molecule has 0 aliphatic carbocycles. The summed E-state index contributed by atoms with van der Waals surface area (Å²) in [5, 5.41) is 7.62. The fourth-order valence-corrected chi connectivity index (χ4v) is 2.27. The topological polar surface area (TPSA) is 28.8 Å². The largest absolute Gasteiger partial charge is 0.303 e. The molecule has 0 radical (unpaired) electrons. The molecule has 15 heavy (non-hydrogen) atoms. The lowest BCUT2D eigenvalue weighted by molar-refractivity contribution is 0.627. The van der Waals surface area contributed by atoms with Crippen LogP contribution in [0.3, 0.4) is 0 Å². The Morgan fingerprint density at radius 2 is 2.27 bits per heavy atom. The lowest BCUT2D eigenvalue weighted by Gasteiger charge is -1.99. The van der Waals surface area contributed by atoms with Gasteiger partial charge < -0.3 is 4.57 Å². The van der Waals surface area contributed by atoms with Crippen LogP contribution in [0, 0.1) is 23.6 Å². The predicted molar refractivity (Wildman–Crippen MR) is 64.8 cm³/mol. The molecule has 5 heteroatoms. The number of hydrogen-bond acceptors (Lipinski definition) is 2. The molecule has 1 aromatic heterocycles. The molecule has 2 aromatic rings. The number of benzene rings is 1. The van der Waals surface area contributed by atoms with E-state index in [-0.39, 0.29) is 34.1 Å². The maximum Gasteiger partial charge on any atom is 0.183 e. The third kappa shape index (κ3) is 1.96. The molecule has 1 aromatic carbocycles. The van der Waals surface area contributed by atoms with E-state index in [2.05, 4.69) is 5.92 Å². The van der Waals surface area contributed by atoms with Crippen LogP contribution in [0.1, 0.15) is 0 Å². The van der Waals surface area contributed by atoms with Gasteiger partial charge in [0.25, 0.3) is 0 Å². The number of fused-ring (bicyclic) bond motifs is 1. The molecule has 0 amide bonds. The van der Waals surface area contributed by atoms with E-state index in [9.17, 15) is 4.39 Å². The minimum absolute atomic E-state index is 0. The van der Waals surface area contributed by atoms with Gasteiger partial charge in [0.2, 0.25) is 0 Å². The number of halogens is 2. The molecule has 0 bridgehead atoms. The summed E-state index contributed by atoms with van der Waals surface area (Å²) >= 11 is 1.23. The highest BCUT2D eigenvalue weighted by atomic mass is 79.9. The average Bonchev–Trinajstić information content (AvgIpc) is 2.45. The zero-order valence-corrected chi connectivity index (χ0v) is 10.2. The minimum Gasteiger partial charge on any atom is -0.303 e. The van der Waals surface area contributed by atoms with E-state index in [0.29, 0.717) is 5.52 Å². The molecular formula is C10H8BrFN2S. The number of nitrogens with zero attached hydrogens (tertiary/aromatic N) is 1. The normalized spacial score (nSPS) is 9.60. The standard InChI is InChI=1S/C10H7FN2S.BrH/c1-2-6-13-9-7(11)4-3-5-8(9)14-10(13)12;/h1,3-5,12H,6H2;1H. The molecule has 2 nitrogen and oxygen atoms in total. The first-order valence-corrected chi connectivity index (χ1v) is 4.81. The highest BCUT2D eigenvalue weighted by Crippen LogP contribution is 2.19. The van der Waals surface area contributed by atoms with Crippen molar-refractivity contribution in [1.29, 1.82) is 5.41 Å². The van der Waals surface area contributed by atoms with Crippen LogP contribution in [0.5, 0.6) is 0 Å². The summed E-state index contributed by atoms with van der Waals surface area (Å²) in [5.41, 5.74) is 0.431. The Morgan fingerprint density at radius 1 is 1.53 bits per heavy atom. The van der Waals surface area contributed by atoms with Crippen molar-refractivity contribution in [2.24, 2.45) is 0 Å². The second-order valence-corrected chi connectivity index (χ2v) is 3.81. The fourth-order valence-electron chi connectivity index (χ4n) is 1.34. The number of para-hydroxylation sites is 1. The molecule has 0 unspecified atom stereocenters.